The van der Waals surface area contributed by atoms with Gasteiger partial charge in [-0.25, -0.2) is 4.79 Å². The number of halogens is 2. The van der Waals surface area contributed by atoms with Gasteiger partial charge in [0.1, 0.15) is 0 Å². The molecule has 0 aliphatic carbocycles. The molecule has 104 valence electrons. The number of nitro groups is 1. The van der Waals surface area contributed by atoms with Gasteiger partial charge in [0.15, 0.2) is 0 Å². The van der Waals surface area contributed by atoms with Crippen LogP contribution in [0, 0.1) is 10.1 Å². The molecule has 0 aliphatic heterocycles. The molecule has 0 amide bonds. The molecule has 8 heteroatoms. The fourth-order valence-electron chi connectivity index (χ4n) is 1.67. The van der Waals surface area contributed by atoms with E-state index in [0.29, 0.717) is 15.4 Å². The van der Waals surface area contributed by atoms with Crippen LogP contribution < -0.4 is 0 Å². The summed E-state index contributed by atoms with van der Waals surface area (Å²) in [5, 5.41) is 11.3. The van der Waals surface area contributed by atoms with E-state index in [1.165, 1.54) is 18.3 Å². The first-order chi connectivity index (χ1) is 9.45. The number of fused-ring (bicyclic) bond motifs is 1. The highest BCUT2D eigenvalue weighted by atomic mass is 79.9. The summed E-state index contributed by atoms with van der Waals surface area (Å²) in [7, 11) is 0. The van der Waals surface area contributed by atoms with E-state index in [4.69, 9.17) is 16.3 Å². The Labute approximate surface area is 127 Å². The van der Waals surface area contributed by atoms with Gasteiger partial charge in [-0.2, -0.15) is 0 Å². The second-order valence-corrected chi connectivity index (χ2v) is 5.02. The summed E-state index contributed by atoms with van der Waals surface area (Å²) in [5.41, 5.74) is 0.371. The lowest BCUT2D eigenvalue weighted by atomic mass is 10.1. The zero-order valence-corrected chi connectivity index (χ0v) is 12.6. The second kappa shape index (κ2) is 5.72. The number of carbonyl (C=O) groups is 1. The summed E-state index contributed by atoms with van der Waals surface area (Å²) < 4.78 is 5.29. The minimum atomic E-state index is -0.616. The maximum Gasteiger partial charge on any atom is 0.341 e. The number of nitro benzene ring substituents is 1. The average molecular weight is 360 g/mol. The highest BCUT2D eigenvalue weighted by molar-refractivity contribution is 9.10. The van der Waals surface area contributed by atoms with Gasteiger partial charge in [0.2, 0.25) is 0 Å². The Balaban J connectivity index is 2.70. The Morgan fingerprint density at radius 2 is 2.25 bits per heavy atom. The molecule has 1 aromatic carbocycles. The van der Waals surface area contributed by atoms with Crippen LogP contribution in [-0.4, -0.2) is 22.5 Å². The first-order valence-corrected chi connectivity index (χ1v) is 6.72. The van der Waals surface area contributed by atoms with Crippen LogP contribution in [0.3, 0.4) is 0 Å². The molecule has 0 bridgehead atoms. The Morgan fingerprint density at radius 3 is 2.85 bits per heavy atom. The number of non-ortho nitro benzene ring substituents is 1. The van der Waals surface area contributed by atoms with Gasteiger partial charge in [-0.3, -0.25) is 15.1 Å². The molecular formula is C12H8BrClN2O4. The van der Waals surface area contributed by atoms with Crippen LogP contribution in [0.5, 0.6) is 0 Å². The predicted molar refractivity (Wildman–Crippen MR) is 77.1 cm³/mol. The lowest BCUT2D eigenvalue weighted by Crippen LogP contribution is -2.06. The van der Waals surface area contributed by atoms with Gasteiger partial charge in [-0.15, -0.1) is 0 Å². The number of esters is 1. The van der Waals surface area contributed by atoms with Crippen LogP contribution in [0.15, 0.2) is 22.8 Å². The number of hydrogen-bond acceptors (Lipinski definition) is 5. The monoisotopic (exact) mass is 358 g/mol. The third-order valence-corrected chi connectivity index (χ3v) is 3.56. The molecule has 2 rings (SSSR count). The molecule has 0 fully saturated rings. The number of benzene rings is 1. The van der Waals surface area contributed by atoms with Crippen molar-refractivity contribution in [1.29, 1.82) is 0 Å². The molecule has 0 N–H and O–H groups in total. The fourth-order valence-corrected chi connectivity index (χ4v) is 2.49. The standard InChI is InChI=1S/C12H8BrClN2O4/c1-2-20-12(17)8-5-15-11-7(10(8)14)3-6(16(18)19)4-9(11)13/h3-5H,2H2,1H3. The number of rotatable bonds is 3. The molecule has 1 aromatic heterocycles. The van der Waals surface area contributed by atoms with Gasteiger partial charge in [0, 0.05) is 23.7 Å². The van der Waals surface area contributed by atoms with Crippen LogP contribution in [-0.2, 0) is 4.74 Å². The van der Waals surface area contributed by atoms with E-state index in [1.54, 1.807) is 6.92 Å². The molecule has 0 spiro atoms. The van der Waals surface area contributed by atoms with Crippen LogP contribution >= 0.6 is 27.5 Å². The van der Waals surface area contributed by atoms with Crippen molar-refractivity contribution in [3.8, 4) is 0 Å². The Hall–Kier alpha value is -1.73. The number of hydrogen-bond donors (Lipinski definition) is 0. The normalized spacial score (nSPS) is 10.6. The van der Waals surface area contributed by atoms with Gasteiger partial charge in [0.05, 0.1) is 32.1 Å². The quantitative estimate of drug-likeness (QED) is 0.474. The molecule has 0 unspecified atom stereocenters. The third kappa shape index (κ3) is 2.59. The van der Waals surface area contributed by atoms with E-state index in [2.05, 4.69) is 20.9 Å². The van der Waals surface area contributed by atoms with Gasteiger partial charge in [-0.1, -0.05) is 11.6 Å². The molecule has 2 aromatic rings. The van der Waals surface area contributed by atoms with Crippen molar-refractivity contribution in [1.82, 2.24) is 4.98 Å². The first-order valence-electron chi connectivity index (χ1n) is 5.55. The largest absolute Gasteiger partial charge is 0.462 e. The summed E-state index contributed by atoms with van der Waals surface area (Å²) in [6.07, 6.45) is 1.29. The number of aromatic nitrogens is 1. The summed E-state index contributed by atoms with van der Waals surface area (Å²) in [4.78, 5) is 26.1. The summed E-state index contributed by atoms with van der Waals surface area (Å²) >= 11 is 9.34. The maximum atomic E-state index is 11.7. The fraction of sp³-hybridized carbons (Fsp3) is 0.167. The van der Waals surface area contributed by atoms with E-state index in [-0.39, 0.29) is 22.9 Å². The average Bonchev–Trinajstić information content (AvgIpc) is 2.39. The van der Waals surface area contributed by atoms with Crippen molar-refractivity contribution >= 4 is 50.1 Å². The second-order valence-electron chi connectivity index (χ2n) is 3.79. The summed E-state index contributed by atoms with van der Waals surface area (Å²) in [6.45, 7) is 1.87. The number of carbonyl (C=O) groups excluding carboxylic acids is 1. The number of pyridine rings is 1. The topological polar surface area (TPSA) is 82.3 Å². The Morgan fingerprint density at radius 1 is 1.55 bits per heavy atom. The predicted octanol–water partition coefficient (Wildman–Crippen LogP) is 3.74. The SMILES string of the molecule is CCOC(=O)c1cnc2c(Br)cc([N+](=O)[O-])cc2c1Cl. The number of ether oxygens (including phenoxy) is 1. The molecule has 0 saturated carbocycles. The van der Waals surface area contributed by atoms with E-state index in [0.717, 1.165) is 0 Å². The van der Waals surface area contributed by atoms with Crippen molar-refractivity contribution in [2.24, 2.45) is 0 Å². The summed E-state index contributed by atoms with van der Waals surface area (Å²) in [6, 6.07) is 2.61. The van der Waals surface area contributed by atoms with Gasteiger partial charge >= 0.3 is 5.97 Å². The van der Waals surface area contributed by atoms with Crippen LogP contribution in [0.1, 0.15) is 17.3 Å². The van der Waals surface area contributed by atoms with Crippen LogP contribution in [0.25, 0.3) is 10.9 Å². The Bertz CT molecular complexity index is 720. The Kier molecular flexibility index (Phi) is 4.20. The van der Waals surface area contributed by atoms with Crippen LogP contribution in [0.2, 0.25) is 5.02 Å². The first kappa shape index (κ1) is 14.7. The van der Waals surface area contributed by atoms with Gasteiger partial charge in [-0.05, 0) is 22.9 Å². The van der Waals surface area contributed by atoms with E-state index < -0.39 is 10.9 Å². The van der Waals surface area contributed by atoms with E-state index in [1.807, 2.05) is 0 Å². The van der Waals surface area contributed by atoms with Crippen molar-refractivity contribution in [3.05, 3.63) is 43.5 Å². The lowest BCUT2D eigenvalue weighted by molar-refractivity contribution is -0.384. The van der Waals surface area contributed by atoms with E-state index in [9.17, 15) is 14.9 Å². The summed E-state index contributed by atoms with van der Waals surface area (Å²) in [5.74, 6) is -0.616. The third-order valence-electron chi connectivity index (χ3n) is 2.55. The molecule has 1 heterocycles. The van der Waals surface area contributed by atoms with E-state index >= 15 is 0 Å². The molecule has 0 saturated heterocycles. The van der Waals surface area contributed by atoms with Gasteiger partial charge < -0.3 is 4.74 Å². The van der Waals surface area contributed by atoms with Crippen molar-refractivity contribution in [2.45, 2.75) is 6.92 Å². The van der Waals surface area contributed by atoms with Crippen LogP contribution in [0.4, 0.5) is 5.69 Å². The number of nitrogens with zero attached hydrogens (tertiary/aromatic N) is 2. The molecular weight excluding hydrogens is 351 g/mol. The molecule has 0 radical (unpaired) electrons. The minimum Gasteiger partial charge on any atom is -0.462 e. The lowest BCUT2D eigenvalue weighted by Gasteiger charge is -2.07. The van der Waals surface area contributed by atoms with Gasteiger partial charge in [0.25, 0.3) is 5.69 Å². The molecule has 6 nitrogen and oxygen atoms in total. The van der Waals surface area contributed by atoms with Crippen molar-refractivity contribution in [3.63, 3.8) is 0 Å². The highest BCUT2D eigenvalue weighted by Crippen LogP contribution is 2.34. The molecule has 0 aliphatic rings. The zero-order chi connectivity index (χ0) is 14.9. The highest BCUT2D eigenvalue weighted by Gasteiger charge is 2.19. The zero-order valence-electron chi connectivity index (χ0n) is 10.2. The van der Waals surface area contributed by atoms with Crippen molar-refractivity contribution < 1.29 is 14.5 Å². The molecule has 20 heavy (non-hydrogen) atoms. The van der Waals surface area contributed by atoms with Crippen molar-refractivity contribution in [2.75, 3.05) is 6.61 Å². The maximum absolute atomic E-state index is 11.7. The minimum absolute atomic E-state index is 0.0772. The smallest absolute Gasteiger partial charge is 0.341 e. The molecule has 0 atom stereocenters.